The van der Waals surface area contributed by atoms with Gasteiger partial charge in [0, 0.05) is 24.5 Å². The minimum absolute atomic E-state index is 0.108. The first-order valence-corrected chi connectivity index (χ1v) is 6.61. The van der Waals surface area contributed by atoms with Gasteiger partial charge in [-0.05, 0) is 30.7 Å². The van der Waals surface area contributed by atoms with Crippen molar-refractivity contribution < 1.29 is 9.47 Å². The van der Waals surface area contributed by atoms with Crippen LogP contribution >= 0.6 is 11.6 Å². The fraction of sp³-hybridized carbons (Fsp3) is 0.267. The van der Waals surface area contributed by atoms with Gasteiger partial charge in [0.05, 0.1) is 24.9 Å². The molecule has 1 heterocycles. The molecule has 20 heavy (non-hydrogen) atoms. The van der Waals surface area contributed by atoms with Crippen LogP contribution in [-0.4, -0.2) is 19.2 Å². The van der Waals surface area contributed by atoms with Gasteiger partial charge < -0.3 is 14.8 Å². The van der Waals surface area contributed by atoms with Crippen LogP contribution in [0.5, 0.6) is 11.5 Å². The Bertz CT molecular complexity index is 576. The van der Waals surface area contributed by atoms with Crippen LogP contribution in [0.4, 0.5) is 5.69 Å². The average molecular weight is 293 g/mol. The number of pyridine rings is 1. The predicted octanol–water partition coefficient (Wildman–Crippen LogP) is 3.93. The first-order chi connectivity index (χ1) is 9.65. The summed E-state index contributed by atoms with van der Waals surface area (Å²) < 4.78 is 10.6. The molecular formula is C15H17ClN2O2. The van der Waals surface area contributed by atoms with E-state index >= 15 is 0 Å². The molecular weight excluding hydrogens is 276 g/mol. The van der Waals surface area contributed by atoms with Crippen molar-refractivity contribution in [2.24, 2.45) is 0 Å². The molecule has 106 valence electrons. The number of benzene rings is 1. The first kappa shape index (κ1) is 14.5. The normalized spacial score (nSPS) is 11.8. The fourth-order valence-corrected chi connectivity index (χ4v) is 2.18. The first-order valence-electron chi connectivity index (χ1n) is 6.23. The number of nitrogens with zero attached hydrogens (tertiary/aromatic N) is 1. The summed E-state index contributed by atoms with van der Waals surface area (Å²) in [6, 6.07) is 7.61. The summed E-state index contributed by atoms with van der Waals surface area (Å²) in [6.45, 7) is 2.06. The van der Waals surface area contributed by atoms with Crippen LogP contribution in [-0.2, 0) is 0 Å². The molecule has 1 aromatic carbocycles. The standard InChI is InChI=1S/C15H17ClN2O2/c1-10(11-4-6-17-7-5-11)18-13-8-12(16)14(19-2)9-15(13)20-3/h4-10,18H,1-3H3. The summed E-state index contributed by atoms with van der Waals surface area (Å²) in [5, 5.41) is 3.92. The third-order valence-electron chi connectivity index (χ3n) is 3.05. The van der Waals surface area contributed by atoms with E-state index in [2.05, 4.69) is 17.2 Å². The molecule has 0 amide bonds. The SMILES string of the molecule is COc1cc(OC)c(NC(C)c2ccncc2)cc1Cl. The molecule has 0 aliphatic heterocycles. The Hall–Kier alpha value is -1.94. The van der Waals surface area contributed by atoms with Crippen LogP contribution in [0.2, 0.25) is 5.02 Å². The summed E-state index contributed by atoms with van der Waals surface area (Å²) in [6.07, 6.45) is 3.54. The number of hydrogen-bond acceptors (Lipinski definition) is 4. The second-order valence-electron chi connectivity index (χ2n) is 4.33. The molecule has 0 radical (unpaired) electrons. The largest absolute Gasteiger partial charge is 0.495 e. The molecule has 0 saturated carbocycles. The van der Waals surface area contributed by atoms with Crippen molar-refractivity contribution in [3.63, 3.8) is 0 Å². The van der Waals surface area contributed by atoms with Gasteiger partial charge in [-0.25, -0.2) is 0 Å². The number of nitrogens with one attached hydrogen (secondary N) is 1. The van der Waals surface area contributed by atoms with E-state index in [1.54, 1.807) is 38.7 Å². The molecule has 5 heteroatoms. The third kappa shape index (κ3) is 3.14. The van der Waals surface area contributed by atoms with Crippen LogP contribution in [0, 0.1) is 0 Å². The van der Waals surface area contributed by atoms with Crippen molar-refractivity contribution in [3.8, 4) is 11.5 Å². The topological polar surface area (TPSA) is 43.4 Å². The molecule has 0 fully saturated rings. The molecule has 2 rings (SSSR count). The van der Waals surface area contributed by atoms with Crippen molar-refractivity contribution in [3.05, 3.63) is 47.2 Å². The summed E-state index contributed by atoms with van der Waals surface area (Å²) in [5.74, 6) is 1.28. The van der Waals surface area contributed by atoms with Crippen LogP contribution in [0.1, 0.15) is 18.5 Å². The third-order valence-corrected chi connectivity index (χ3v) is 3.35. The molecule has 0 aliphatic carbocycles. The lowest BCUT2D eigenvalue weighted by molar-refractivity contribution is 0.395. The van der Waals surface area contributed by atoms with Gasteiger partial charge in [0.25, 0.3) is 0 Å². The molecule has 0 saturated heterocycles. The van der Waals surface area contributed by atoms with Crippen molar-refractivity contribution in [1.82, 2.24) is 4.98 Å². The Morgan fingerprint density at radius 3 is 2.35 bits per heavy atom. The molecule has 1 N–H and O–H groups in total. The molecule has 4 nitrogen and oxygen atoms in total. The molecule has 2 aromatic rings. The predicted molar refractivity (Wildman–Crippen MR) is 80.8 cm³/mol. The number of halogens is 1. The van der Waals surface area contributed by atoms with Gasteiger partial charge in [0.15, 0.2) is 0 Å². The Morgan fingerprint density at radius 1 is 1.10 bits per heavy atom. The van der Waals surface area contributed by atoms with E-state index in [-0.39, 0.29) is 6.04 Å². The highest BCUT2D eigenvalue weighted by Crippen LogP contribution is 2.37. The lowest BCUT2D eigenvalue weighted by Gasteiger charge is -2.19. The highest BCUT2D eigenvalue weighted by Gasteiger charge is 2.12. The average Bonchev–Trinajstić information content (AvgIpc) is 2.48. The molecule has 0 bridgehead atoms. The van der Waals surface area contributed by atoms with Crippen molar-refractivity contribution in [2.45, 2.75) is 13.0 Å². The maximum atomic E-state index is 6.16. The van der Waals surface area contributed by atoms with Gasteiger partial charge in [0.1, 0.15) is 11.5 Å². The second-order valence-corrected chi connectivity index (χ2v) is 4.74. The lowest BCUT2D eigenvalue weighted by atomic mass is 10.1. The van der Waals surface area contributed by atoms with Gasteiger partial charge in [-0.15, -0.1) is 0 Å². The molecule has 1 unspecified atom stereocenters. The Kier molecular flexibility index (Phi) is 4.69. The van der Waals surface area contributed by atoms with Crippen LogP contribution in [0.15, 0.2) is 36.7 Å². The maximum Gasteiger partial charge on any atom is 0.145 e. The summed E-state index contributed by atoms with van der Waals surface area (Å²) >= 11 is 6.16. The van der Waals surface area contributed by atoms with E-state index in [1.165, 1.54) is 0 Å². The number of ether oxygens (including phenoxy) is 2. The fourth-order valence-electron chi connectivity index (χ4n) is 1.94. The quantitative estimate of drug-likeness (QED) is 0.907. The monoisotopic (exact) mass is 292 g/mol. The maximum absolute atomic E-state index is 6.16. The van der Waals surface area contributed by atoms with Crippen molar-refractivity contribution in [2.75, 3.05) is 19.5 Å². The van der Waals surface area contributed by atoms with E-state index in [4.69, 9.17) is 21.1 Å². The highest BCUT2D eigenvalue weighted by molar-refractivity contribution is 6.32. The molecule has 1 aromatic heterocycles. The van der Waals surface area contributed by atoms with E-state index in [0.29, 0.717) is 16.5 Å². The van der Waals surface area contributed by atoms with Crippen molar-refractivity contribution >= 4 is 17.3 Å². The van der Waals surface area contributed by atoms with Gasteiger partial charge in [-0.3, -0.25) is 4.98 Å². The highest BCUT2D eigenvalue weighted by atomic mass is 35.5. The van der Waals surface area contributed by atoms with Gasteiger partial charge in [-0.1, -0.05) is 11.6 Å². The number of rotatable bonds is 5. The number of anilines is 1. The number of hydrogen-bond donors (Lipinski definition) is 1. The Morgan fingerprint density at radius 2 is 1.75 bits per heavy atom. The zero-order chi connectivity index (χ0) is 14.5. The minimum Gasteiger partial charge on any atom is -0.495 e. The minimum atomic E-state index is 0.108. The Balaban J connectivity index is 2.27. The zero-order valence-corrected chi connectivity index (χ0v) is 12.4. The summed E-state index contributed by atoms with van der Waals surface area (Å²) in [4.78, 5) is 4.02. The Labute approximate surface area is 123 Å². The smallest absolute Gasteiger partial charge is 0.145 e. The van der Waals surface area contributed by atoms with Gasteiger partial charge in [0.2, 0.25) is 0 Å². The summed E-state index contributed by atoms with van der Waals surface area (Å²) in [5.41, 5.74) is 1.96. The van der Waals surface area contributed by atoms with Crippen LogP contribution in [0.3, 0.4) is 0 Å². The van der Waals surface area contributed by atoms with Crippen LogP contribution < -0.4 is 14.8 Å². The number of methoxy groups -OCH3 is 2. The van der Waals surface area contributed by atoms with E-state index in [0.717, 1.165) is 11.3 Å². The van der Waals surface area contributed by atoms with E-state index in [9.17, 15) is 0 Å². The molecule has 0 aliphatic rings. The second kappa shape index (κ2) is 6.48. The molecule has 1 atom stereocenters. The number of aromatic nitrogens is 1. The molecule has 0 spiro atoms. The van der Waals surface area contributed by atoms with Crippen LogP contribution in [0.25, 0.3) is 0 Å². The summed E-state index contributed by atoms with van der Waals surface area (Å²) in [7, 11) is 3.19. The van der Waals surface area contributed by atoms with E-state index < -0.39 is 0 Å². The van der Waals surface area contributed by atoms with Gasteiger partial charge >= 0.3 is 0 Å². The van der Waals surface area contributed by atoms with E-state index in [1.807, 2.05) is 12.1 Å². The van der Waals surface area contributed by atoms with Crippen molar-refractivity contribution in [1.29, 1.82) is 0 Å². The van der Waals surface area contributed by atoms with Gasteiger partial charge in [-0.2, -0.15) is 0 Å². The lowest BCUT2D eigenvalue weighted by Crippen LogP contribution is -2.08. The zero-order valence-electron chi connectivity index (χ0n) is 11.7.